The summed E-state index contributed by atoms with van der Waals surface area (Å²) < 4.78 is 5.97. The van der Waals surface area contributed by atoms with Crippen LogP contribution < -0.4 is 0 Å². The van der Waals surface area contributed by atoms with Gasteiger partial charge in [0.25, 0.3) is 5.89 Å². The average Bonchev–Trinajstić information content (AvgIpc) is 2.88. The van der Waals surface area contributed by atoms with Gasteiger partial charge >= 0.3 is 0 Å². The number of hydrogen-bond donors (Lipinski definition) is 1. The molecule has 2 heterocycles. The molecule has 2 aromatic heterocycles. The van der Waals surface area contributed by atoms with Gasteiger partial charge in [0.15, 0.2) is 5.82 Å². The number of phenolic OH excluding ortho intramolecular Hbond substituents is 1. The number of rotatable bonds is 3. The number of hydrogen-bond acceptors (Lipinski definition) is 5. The Balaban J connectivity index is 1.87. The molecule has 0 aliphatic heterocycles. The molecule has 1 N–H and O–H groups in total. The maximum absolute atomic E-state index is 9.88. The molecule has 0 fully saturated rings. The van der Waals surface area contributed by atoms with Crippen molar-refractivity contribution in [1.82, 2.24) is 15.1 Å². The van der Waals surface area contributed by atoms with Gasteiger partial charge in [-0.05, 0) is 29.8 Å². The minimum absolute atomic E-state index is 0.0935. The van der Waals surface area contributed by atoms with Gasteiger partial charge < -0.3 is 9.63 Å². The minimum Gasteiger partial charge on any atom is -0.507 e. The van der Waals surface area contributed by atoms with Crippen molar-refractivity contribution in [3.8, 4) is 17.2 Å². The normalized spacial score (nSPS) is 10.7. The highest BCUT2D eigenvalue weighted by Gasteiger charge is 2.13. The third-order valence-electron chi connectivity index (χ3n) is 2.74. The smallest absolute Gasteiger partial charge is 0.261 e. The largest absolute Gasteiger partial charge is 0.507 e. The molecule has 5 nitrogen and oxygen atoms in total. The molecule has 6 heteroatoms. The summed E-state index contributed by atoms with van der Waals surface area (Å²) in [5.74, 6) is 0.945. The Hall–Kier alpha value is -2.21. The number of pyridine rings is 1. The Bertz CT molecular complexity index is 728. The Labute approximate surface area is 123 Å². The fourth-order valence-electron chi connectivity index (χ4n) is 1.81. The summed E-state index contributed by atoms with van der Waals surface area (Å²) in [4.78, 5) is 8.32. The molecule has 3 aromatic rings. The van der Waals surface area contributed by atoms with E-state index in [0.29, 0.717) is 23.7 Å². The van der Waals surface area contributed by atoms with Gasteiger partial charge in [-0.15, -0.1) is 0 Å². The van der Waals surface area contributed by atoms with Crippen LogP contribution in [-0.4, -0.2) is 20.2 Å². The van der Waals surface area contributed by atoms with Crippen LogP contribution in [0.25, 0.3) is 11.5 Å². The number of nitrogens with zero attached hydrogens (tertiary/aromatic N) is 3. The Morgan fingerprint density at radius 3 is 2.90 bits per heavy atom. The van der Waals surface area contributed by atoms with Gasteiger partial charge in [0, 0.05) is 23.3 Å². The summed E-state index contributed by atoms with van der Waals surface area (Å²) in [6.07, 6.45) is 4.01. The van der Waals surface area contributed by atoms with Crippen LogP contribution in [0.1, 0.15) is 11.4 Å². The molecular formula is C14H10BrN3O2. The lowest BCUT2D eigenvalue weighted by atomic mass is 10.2. The molecule has 0 radical (unpaired) electrons. The molecule has 0 aliphatic rings. The van der Waals surface area contributed by atoms with E-state index in [4.69, 9.17) is 4.52 Å². The fraction of sp³-hybridized carbons (Fsp3) is 0.0714. The third kappa shape index (κ3) is 2.70. The lowest BCUT2D eigenvalue weighted by Gasteiger charge is -1.99. The number of aromatic hydroxyl groups is 1. The zero-order chi connectivity index (χ0) is 13.9. The van der Waals surface area contributed by atoms with E-state index in [1.165, 1.54) is 0 Å². The van der Waals surface area contributed by atoms with Gasteiger partial charge in [-0.3, -0.25) is 4.98 Å². The monoisotopic (exact) mass is 331 g/mol. The van der Waals surface area contributed by atoms with Crippen LogP contribution in [-0.2, 0) is 6.42 Å². The quantitative estimate of drug-likeness (QED) is 0.797. The van der Waals surface area contributed by atoms with Gasteiger partial charge in [-0.2, -0.15) is 4.98 Å². The van der Waals surface area contributed by atoms with Crippen LogP contribution in [0.2, 0.25) is 0 Å². The van der Waals surface area contributed by atoms with Crippen LogP contribution in [0, 0.1) is 0 Å². The maximum atomic E-state index is 9.88. The first-order valence-corrected chi connectivity index (χ1v) is 6.72. The summed E-state index contributed by atoms with van der Waals surface area (Å²) >= 11 is 3.28. The van der Waals surface area contributed by atoms with Crippen molar-refractivity contribution in [2.24, 2.45) is 0 Å². The van der Waals surface area contributed by atoms with Crippen molar-refractivity contribution >= 4 is 15.9 Å². The van der Waals surface area contributed by atoms with Gasteiger partial charge in [-0.1, -0.05) is 27.2 Å². The molecule has 100 valence electrons. The van der Waals surface area contributed by atoms with E-state index in [0.717, 1.165) is 10.0 Å². The molecule has 0 saturated carbocycles. The zero-order valence-electron chi connectivity index (χ0n) is 10.3. The van der Waals surface area contributed by atoms with Crippen molar-refractivity contribution in [2.45, 2.75) is 6.42 Å². The summed E-state index contributed by atoms with van der Waals surface area (Å²) in [6, 6.07) is 8.91. The van der Waals surface area contributed by atoms with Crippen molar-refractivity contribution < 1.29 is 9.63 Å². The molecule has 3 rings (SSSR count). The highest BCUT2D eigenvalue weighted by Crippen LogP contribution is 2.30. The SMILES string of the molecule is Oc1cc(Br)ccc1-c1nc(Cc2cccnc2)no1. The second-order valence-electron chi connectivity index (χ2n) is 4.22. The number of aromatic nitrogens is 3. The highest BCUT2D eigenvalue weighted by molar-refractivity contribution is 9.10. The van der Waals surface area contributed by atoms with E-state index in [1.807, 2.05) is 12.1 Å². The average molecular weight is 332 g/mol. The molecule has 0 spiro atoms. The van der Waals surface area contributed by atoms with Crippen LogP contribution in [0.5, 0.6) is 5.75 Å². The summed E-state index contributed by atoms with van der Waals surface area (Å²) in [6.45, 7) is 0. The summed E-state index contributed by atoms with van der Waals surface area (Å²) in [7, 11) is 0. The van der Waals surface area contributed by atoms with Crippen molar-refractivity contribution in [1.29, 1.82) is 0 Å². The van der Waals surface area contributed by atoms with Gasteiger partial charge in [-0.25, -0.2) is 0 Å². The molecule has 0 saturated heterocycles. The molecule has 0 amide bonds. The fourth-order valence-corrected chi connectivity index (χ4v) is 2.16. The highest BCUT2D eigenvalue weighted by atomic mass is 79.9. The van der Waals surface area contributed by atoms with E-state index < -0.39 is 0 Å². The van der Waals surface area contributed by atoms with Crippen LogP contribution in [0.15, 0.2) is 51.7 Å². The molecule has 1 aromatic carbocycles. The number of benzene rings is 1. The molecule has 0 unspecified atom stereocenters. The lowest BCUT2D eigenvalue weighted by Crippen LogP contribution is -1.91. The predicted octanol–water partition coefficient (Wildman–Crippen LogP) is 3.19. The lowest BCUT2D eigenvalue weighted by molar-refractivity contribution is 0.418. The number of phenols is 1. The molecule has 0 atom stereocenters. The minimum atomic E-state index is 0.0935. The Kier molecular flexibility index (Phi) is 3.47. The summed E-state index contributed by atoms with van der Waals surface area (Å²) in [5, 5.41) is 13.8. The number of halogens is 1. The van der Waals surface area contributed by atoms with Crippen molar-refractivity contribution in [2.75, 3.05) is 0 Å². The first kappa shape index (κ1) is 12.8. The topological polar surface area (TPSA) is 72.0 Å². The summed E-state index contributed by atoms with van der Waals surface area (Å²) in [5.41, 5.74) is 1.51. The maximum Gasteiger partial charge on any atom is 0.261 e. The zero-order valence-corrected chi connectivity index (χ0v) is 11.9. The molecule has 20 heavy (non-hydrogen) atoms. The molecular weight excluding hydrogens is 322 g/mol. The van der Waals surface area contributed by atoms with Crippen molar-refractivity contribution in [3.63, 3.8) is 0 Å². The van der Waals surface area contributed by atoms with E-state index in [2.05, 4.69) is 31.1 Å². The van der Waals surface area contributed by atoms with Gasteiger partial charge in [0.1, 0.15) is 5.75 Å². The van der Waals surface area contributed by atoms with E-state index in [-0.39, 0.29) is 5.75 Å². The molecule has 0 bridgehead atoms. The standard InChI is InChI=1S/C14H10BrN3O2/c15-10-3-4-11(12(19)7-10)14-17-13(18-20-14)6-9-2-1-5-16-8-9/h1-5,7-8,19H,6H2. The van der Waals surface area contributed by atoms with Crippen molar-refractivity contribution in [3.05, 3.63) is 58.6 Å². The van der Waals surface area contributed by atoms with E-state index >= 15 is 0 Å². The van der Waals surface area contributed by atoms with E-state index in [9.17, 15) is 5.11 Å². The second kappa shape index (κ2) is 5.42. The second-order valence-corrected chi connectivity index (χ2v) is 5.13. The van der Waals surface area contributed by atoms with Gasteiger partial charge in [0.2, 0.25) is 0 Å². The Morgan fingerprint density at radius 1 is 1.25 bits per heavy atom. The van der Waals surface area contributed by atoms with Gasteiger partial charge in [0.05, 0.1) is 5.56 Å². The molecule has 0 aliphatic carbocycles. The van der Waals surface area contributed by atoms with Crippen LogP contribution in [0.3, 0.4) is 0 Å². The van der Waals surface area contributed by atoms with E-state index in [1.54, 1.807) is 30.6 Å². The predicted molar refractivity (Wildman–Crippen MR) is 76.1 cm³/mol. The van der Waals surface area contributed by atoms with Crippen LogP contribution in [0.4, 0.5) is 0 Å². The van der Waals surface area contributed by atoms with Crippen LogP contribution >= 0.6 is 15.9 Å². The first-order valence-electron chi connectivity index (χ1n) is 5.93. The third-order valence-corrected chi connectivity index (χ3v) is 3.24. The Morgan fingerprint density at radius 2 is 2.15 bits per heavy atom. The first-order chi connectivity index (χ1) is 9.72.